The van der Waals surface area contributed by atoms with Gasteiger partial charge in [-0.25, -0.2) is 4.79 Å². The maximum Gasteiger partial charge on any atom is 0.407 e. The van der Waals surface area contributed by atoms with Gasteiger partial charge in [0.1, 0.15) is 6.10 Å². The summed E-state index contributed by atoms with van der Waals surface area (Å²) in [5, 5.41) is 12.0. The standard InChI is InChI=1S/C14H20BrNO3/c1-14(2,3)16-13(18)19-12(9-17)8-10-5-4-6-11(15)7-10/h4-7,12,17H,8-9H2,1-3H3,(H,16,18). The van der Waals surface area contributed by atoms with Crippen LogP contribution in [0, 0.1) is 0 Å². The average Bonchev–Trinajstić information content (AvgIpc) is 2.25. The molecule has 0 saturated heterocycles. The fraction of sp³-hybridized carbons (Fsp3) is 0.500. The van der Waals surface area contributed by atoms with E-state index in [2.05, 4.69) is 21.2 Å². The molecule has 0 fully saturated rings. The Labute approximate surface area is 122 Å². The molecule has 5 heteroatoms. The third-order valence-electron chi connectivity index (χ3n) is 2.31. The van der Waals surface area contributed by atoms with Gasteiger partial charge in [0.25, 0.3) is 0 Å². The van der Waals surface area contributed by atoms with Gasteiger partial charge in [0.15, 0.2) is 0 Å². The second-order valence-corrected chi connectivity index (χ2v) is 6.33. The Bertz CT molecular complexity index is 429. The first-order valence-electron chi connectivity index (χ1n) is 6.14. The quantitative estimate of drug-likeness (QED) is 0.892. The molecule has 1 amide bonds. The number of aliphatic hydroxyl groups excluding tert-OH is 1. The van der Waals surface area contributed by atoms with Gasteiger partial charge in [0.05, 0.1) is 6.61 Å². The predicted molar refractivity (Wildman–Crippen MR) is 78.1 cm³/mol. The maximum absolute atomic E-state index is 11.6. The van der Waals surface area contributed by atoms with Crippen molar-refractivity contribution >= 4 is 22.0 Å². The Kier molecular flexibility index (Phi) is 5.82. The summed E-state index contributed by atoms with van der Waals surface area (Å²) in [6.07, 6.45) is -0.578. The predicted octanol–water partition coefficient (Wildman–Crippen LogP) is 2.88. The first-order valence-corrected chi connectivity index (χ1v) is 6.93. The number of aliphatic hydroxyl groups is 1. The highest BCUT2D eigenvalue weighted by Gasteiger charge is 2.19. The zero-order valence-electron chi connectivity index (χ0n) is 11.4. The van der Waals surface area contributed by atoms with Crippen molar-refractivity contribution in [1.29, 1.82) is 0 Å². The van der Waals surface area contributed by atoms with E-state index >= 15 is 0 Å². The lowest BCUT2D eigenvalue weighted by molar-refractivity contribution is 0.0538. The molecule has 0 spiro atoms. The molecule has 2 N–H and O–H groups in total. The van der Waals surface area contributed by atoms with Crippen LogP contribution >= 0.6 is 15.9 Å². The first kappa shape index (κ1) is 16.0. The molecule has 1 aromatic carbocycles. The van der Waals surface area contributed by atoms with Crippen LogP contribution in [-0.2, 0) is 11.2 Å². The van der Waals surface area contributed by atoms with Crippen molar-refractivity contribution in [2.75, 3.05) is 6.61 Å². The van der Waals surface area contributed by atoms with Crippen LogP contribution in [0.5, 0.6) is 0 Å². The fourth-order valence-electron chi connectivity index (χ4n) is 1.56. The lowest BCUT2D eigenvalue weighted by Crippen LogP contribution is -2.43. The van der Waals surface area contributed by atoms with Crippen LogP contribution in [-0.4, -0.2) is 29.4 Å². The summed E-state index contributed by atoms with van der Waals surface area (Å²) in [5.41, 5.74) is 0.643. The second-order valence-electron chi connectivity index (χ2n) is 5.42. The van der Waals surface area contributed by atoms with Gasteiger partial charge in [0.2, 0.25) is 0 Å². The number of carbonyl (C=O) groups excluding carboxylic acids is 1. The Hall–Kier alpha value is -1.07. The molecule has 0 bridgehead atoms. The molecule has 1 rings (SSSR count). The molecule has 0 saturated carbocycles. The number of rotatable bonds is 4. The number of nitrogens with one attached hydrogen (secondary N) is 1. The molecular weight excluding hydrogens is 310 g/mol. The van der Waals surface area contributed by atoms with Crippen molar-refractivity contribution < 1.29 is 14.6 Å². The van der Waals surface area contributed by atoms with Gasteiger partial charge < -0.3 is 15.2 Å². The van der Waals surface area contributed by atoms with Crippen LogP contribution in [0.15, 0.2) is 28.7 Å². The average molecular weight is 330 g/mol. The topological polar surface area (TPSA) is 58.6 Å². The van der Waals surface area contributed by atoms with Crippen molar-refractivity contribution in [2.24, 2.45) is 0 Å². The van der Waals surface area contributed by atoms with E-state index < -0.39 is 12.2 Å². The van der Waals surface area contributed by atoms with Crippen molar-refractivity contribution in [1.82, 2.24) is 5.32 Å². The monoisotopic (exact) mass is 329 g/mol. The van der Waals surface area contributed by atoms with Crippen molar-refractivity contribution in [2.45, 2.75) is 38.8 Å². The van der Waals surface area contributed by atoms with Gasteiger partial charge in [0, 0.05) is 16.4 Å². The number of halogens is 1. The van der Waals surface area contributed by atoms with E-state index in [0.29, 0.717) is 6.42 Å². The van der Waals surface area contributed by atoms with Gasteiger partial charge in [-0.1, -0.05) is 28.1 Å². The molecule has 1 unspecified atom stereocenters. The van der Waals surface area contributed by atoms with Crippen molar-refractivity contribution in [3.8, 4) is 0 Å². The van der Waals surface area contributed by atoms with Gasteiger partial charge in [-0.3, -0.25) is 0 Å². The van der Waals surface area contributed by atoms with E-state index in [9.17, 15) is 9.90 Å². The summed E-state index contributed by atoms with van der Waals surface area (Å²) in [6, 6.07) is 7.69. The molecule has 0 aromatic heterocycles. The van der Waals surface area contributed by atoms with Crippen LogP contribution in [0.25, 0.3) is 0 Å². The Morgan fingerprint density at radius 1 is 1.47 bits per heavy atom. The molecule has 106 valence electrons. The molecule has 1 aromatic rings. The largest absolute Gasteiger partial charge is 0.443 e. The Morgan fingerprint density at radius 2 is 2.16 bits per heavy atom. The SMILES string of the molecule is CC(C)(C)NC(=O)OC(CO)Cc1cccc(Br)c1. The van der Waals surface area contributed by atoms with E-state index in [4.69, 9.17) is 4.74 Å². The van der Waals surface area contributed by atoms with Crippen LogP contribution in [0.1, 0.15) is 26.3 Å². The molecule has 0 heterocycles. The summed E-state index contributed by atoms with van der Waals surface area (Å²) < 4.78 is 6.16. The minimum atomic E-state index is -0.545. The summed E-state index contributed by atoms with van der Waals surface area (Å²) >= 11 is 3.38. The molecule has 0 aliphatic rings. The first-order chi connectivity index (χ1) is 8.80. The minimum Gasteiger partial charge on any atom is -0.443 e. The third-order valence-corrected chi connectivity index (χ3v) is 2.80. The molecule has 19 heavy (non-hydrogen) atoms. The van der Waals surface area contributed by atoms with Crippen LogP contribution in [0.4, 0.5) is 4.79 Å². The van der Waals surface area contributed by atoms with Crippen molar-refractivity contribution in [3.05, 3.63) is 34.3 Å². The highest BCUT2D eigenvalue weighted by Crippen LogP contribution is 2.14. The molecule has 0 radical (unpaired) electrons. The summed E-state index contributed by atoms with van der Waals surface area (Å²) in [7, 11) is 0. The number of carbonyl (C=O) groups is 1. The zero-order chi connectivity index (χ0) is 14.5. The molecular formula is C14H20BrNO3. The summed E-state index contributed by atoms with van der Waals surface area (Å²) in [4.78, 5) is 11.6. The Balaban J connectivity index is 2.57. The maximum atomic E-state index is 11.6. The fourth-order valence-corrected chi connectivity index (χ4v) is 2.00. The molecule has 4 nitrogen and oxygen atoms in total. The van der Waals surface area contributed by atoms with Gasteiger partial charge in [-0.05, 0) is 38.5 Å². The summed E-state index contributed by atoms with van der Waals surface area (Å²) in [6.45, 7) is 5.41. The van der Waals surface area contributed by atoms with E-state index in [0.717, 1.165) is 10.0 Å². The number of benzene rings is 1. The number of alkyl carbamates (subject to hydrolysis) is 1. The smallest absolute Gasteiger partial charge is 0.407 e. The number of hydrogen-bond donors (Lipinski definition) is 2. The van der Waals surface area contributed by atoms with Crippen LogP contribution in [0.2, 0.25) is 0 Å². The molecule has 0 aliphatic carbocycles. The van der Waals surface area contributed by atoms with E-state index in [1.807, 2.05) is 45.0 Å². The van der Waals surface area contributed by atoms with E-state index in [1.54, 1.807) is 0 Å². The number of hydrogen-bond acceptors (Lipinski definition) is 3. The lowest BCUT2D eigenvalue weighted by atomic mass is 10.1. The normalized spacial score (nSPS) is 12.9. The molecule has 0 aliphatic heterocycles. The highest BCUT2D eigenvalue weighted by molar-refractivity contribution is 9.10. The minimum absolute atomic E-state index is 0.204. The van der Waals surface area contributed by atoms with Crippen molar-refractivity contribution in [3.63, 3.8) is 0 Å². The van der Waals surface area contributed by atoms with E-state index in [-0.39, 0.29) is 12.1 Å². The van der Waals surface area contributed by atoms with E-state index in [1.165, 1.54) is 0 Å². The second kappa shape index (κ2) is 6.91. The third kappa shape index (κ3) is 6.59. The lowest BCUT2D eigenvalue weighted by Gasteiger charge is -2.23. The van der Waals surface area contributed by atoms with Gasteiger partial charge in [-0.15, -0.1) is 0 Å². The number of amides is 1. The van der Waals surface area contributed by atoms with Gasteiger partial charge in [-0.2, -0.15) is 0 Å². The zero-order valence-corrected chi connectivity index (χ0v) is 13.0. The Morgan fingerprint density at radius 3 is 2.68 bits per heavy atom. The van der Waals surface area contributed by atoms with Gasteiger partial charge >= 0.3 is 6.09 Å². The highest BCUT2D eigenvalue weighted by atomic mass is 79.9. The molecule has 1 atom stereocenters. The summed E-state index contributed by atoms with van der Waals surface area (Å²) in [5.74, 6) is 0. The number of ether oxygens (including phenoxy) is 1. The van der Waals surface area contributed by atoms with Crippen LogP contribution < -0.4 is 5.32 Å². The van der Waals surface area contributed by atoms with Crippen LogP contribution in [0.3, 0.4) is 0 Å².